The van der Waals surface area contributed by atoms with Gasteiger partial charge in [-0.2, -0.15) is 0 Å². The highest BCUT2D eigenvalue weighted by Crippen LogP contribution is 2.19. The number of rotatable bonds is 2. The molecule has 0 amide bonds. The molecular formula is C11H14O4. The van der Waals surface area contributed by atoms with E-state index in [1.54, 1.807) is 6.08 Å². The Labute approximate surface area is 88.6 Å². The van der Waals surface area contributed by atoms with Crippen molar-refractivity contribution in [3.63, 3.8) is 0 Å². The van der Waals surface area contributed by atoms with Gasteiger partial charge in [-0.15, -0.1) is 5.73 Å². The second kappa shape index (κ2) is 5.37. The Bertz CT molecular complexity index is 323. The van der Waals surface area contributed by atoms with Crippen LogP contribution < -0.4 is 0 Å². The van der Waals surface area contributed by atoms with Gasteiger partial charge in [0.05, 0.1) is 25.7 Å². The van der Waals surface area contributed by atoms with E-state index in [0.717, 1.165) is 6.42 Å². The first-order valence-electron chi connectivity index (χ1n) is 4.81. The van der Waals surface area contributed by atoms with E-state index in [2.05, 4.69) is 15.2 Å². The summed E-state index contributed by atoms with van der Waals surface area (Å²) in [4.78, 5) is 22.5. The van der Waals surface area contributed by atoms with Crippen LogP contribution in [0, 0.1) is 5.92 Å². The fourth-order valence-corrected chi connectivity index (χ4v) is 1.48. The van der Waals surface area contributed by atoms with Crippen molar-refractivity contribution in [2.24, 2.45) is 5.92 Å². The number of methoxy groups -OCH3 is 2. The SMILES string of the molecule is COC(=O)C1=C=CC(C(=O)OC)CCC1. The van der Waals surface area contributed by atoms with Gasteiger partial charge in [-0.1, -0.05) is 0 Å². The number of hydrogen-bond donors (Lipinski definition) is 0. The van der Waals surface area contributed by atoms with Gasteiger partial charge >= 0.3 is 11.9 Å². The number of ether oxygens (including phenoxy) is 2. The molecule has 0 N–H and O–H groups in total. The lowest BCUT2D eigenvalue weighted by Crippen LogP contribution is -2.13. The fourth-order valence-electron chi connectivity index (χ4n) is 1.48. The second-order valence-electron chi connectivity index (χ2n) is 3.30. The van der Waals surface area contributed by atoms with E-state index in [-0.39, 0.29) is 17.9 Å². The van der Waals surface area contributed by atoms with Crippen LogP contribution in [0.3, 0.4) is 0 Å². The number of esters is 2. The molecule has 0 aliphatic heterocycles. The molecule has 1 aliphatic rings. The summed E-state index contributed by atoms with van der Waals surface area (Å²) in [6.45, 7) is 0. The molecule has 0 aromatic carbocycles. The Hall–Kier alpha value is -1.54. The lowest BCUT2D eigenvalue weighted by molar-refractivity contribution is -0.143. The van der Waals surface area contributed by atoms with E-state index in [4.69, 9.17) is 0 Å². The van der Waals surface area contributed by atoms with Crippen LogP contribution in [-0.4, -0.2) is 26.2 Å². The van der Waals surface area contributed by atoms with Gasteiger partial charge in [0, 0.05) is 0 Å². The zero-order chi connectivity index (χ0) is 11.3. The normalized spacial score (nSPS) is 20.1. The van der Waals surface area contributed by atoms with Gasteiger partial charge in [-0.05, 0) is 25.3 Å². The zero-order valence-electron chi connectivity index (χ0n) is 8.91. The molecule has 0 spiro atoms. The van der Waals surface area contributed by atoms with Crippen LogP contribution in [-0.2, 0) is 19.1 Å². The predicted molar refractivity (Wildman–Crippen MR) is 53.0 cm³/mol. The maximum atomic E-state index is 11.2. The van der Waals surface area contributed by atoms with Gasteiger partial charge in [0.2, 0.25) is 0 Å². The molecule has 0 radical (unpaired) electrons. The highest BCUT2D eigenvalue weighted by atomic mass is 16.5. The second-order valence-corrected chi connectivity index (χ2v) is 3.30. The van der Waals surface area contributed by atoms with Crippen molar-refractivity contribution in [1.29, 1.82) is 0 Å². The molecule has 1 rings (SSSR count). The van der Waals surface area contributed by atoms with Crippen LogP contribution in [0.2, 0.25) is 0 Å². The Morgan fingerprint density at radius 1 is 1.40 bits per heavy atom. The van der Waals surface area contributed by atoms with E-state index in [9.17, 15) is 9.59 Å². The van der Waals surface area contributed by atoms with E-state index in [0.29, 0.717) is 18.4 Å². The molecule has 4 nitrogen and oxygen atoms in total. The number of hydrogen-bond acceptors (Lipinski definition) is 4. The van der Waals surface area contributed by atoms with E-state index in [1.165, 1.54) is 14.2 Å². The van der Waals surface area contributed by atoms with Gasteiger partial charge in [-0.3, -0.25) is 4.79 Å². The summed E-state index contributed by atoms with van der Waals surface area (Å²) in [5, 5.41) is 0. The maximum Gasteiger partial charge on any atom is 0.341 e. The van der Waals surface area contributed by atoms with Crippen molar-refractivity contribution < 1.29 is 19.1 Å². The molecule has 15 heavy (non-hydrogen) atoms. The third-order valence-corrected chi connectivity index (χ3v) is 2.34. The Kier molecular flexibility index (Phi) is 4.13. The molecule has 0 saturated carbocycles. The molecule has 0 fully saturated rings. The largest absolute Gasteiger partial charge is 0.469 e. The van der Waals surface area contributed by atoms with Crippen molar-refractivity contribution >= 4 is 11.9 Å². The van der Waals surface area contributed by atoms with Gasteiger partial charge in [-0.25, -0.2) is 4.79 Å². The molecule has 0 aromatic heterocycles. The highest BCUT2D eigenvalue weighted by molar-refractivity contribution is 5.88. The summed E-state index contributed by atoms with van der Waals surface area (Å²) in [6.07, 6.45) is 3.62. The van der Waals surface area contributed by atoms with E-state index in [1.807, 2.05) is 0 Å². The Morgan fingerprint density at radius 2 is 2.13 bits per heavy atom. The van der Waals surface area contributed by atoms with Crippen LogP contribution in [0.15, 0.2) is 17.4 Å². The first-order valence-corrected chi connectivity index (χ1v) is 4.81. The lowest BCUT2D eigenvalue weighted by Gasteiger charge is -2.06. The van der Waals surface area contributed by atoms with Crippen LogP contribution in [0.25, 0.3) is 0 Å². The number of carbonyl (C=O) groups is 2. The summed E-state index contributed by atoms with van der Waals surface area (Å²) in [5.41, 5.74) is 3.30. The standard InChI is InChI=1S/C11H14O4/c1-14-10(12)8-4-3-5-9(7-6-8)11(13)15-2/h6,8H,3-5H2,1-2H3. The summed E-state index contributed by atoms with van der Waals surface area (Å²) in [6, 6.07) is 0. The minimum absolute atomic E-state index is 0.284. The van der Waals surface area contributed by atoms with Crippen LogP contribution in [0.4, 0.5) is 0 Å². The van der Waals surface area contributed by atoms with Crippen molar-refractivity contribution in [3.05, 3.63) is 17.4 Å². The molecule has 1 atom stereocenters. The summed E-state index contributed by atoms with van der Waals surface area (Å²) in [5.74, 6) is -0.956. The smallest absolute Gasteiger partial charge is 0.341 e. The van der Waals surface area contributed by atoms with Crippen LogP contribution in [0.1, 0.15) is 19.3 Å². The third-order valence-electron chi connectivity index (χ3n) is 2.34. The van der Waals surface area contributed by atoms with Gasteiger partial charge in [0.25, 0.3) is 0 Å². The quantitative estimate of drug-likeness (QED) is 0.508. The van der Waals surface area contributed by atoms with E-state index >= 15 is 0 Å². The van der Waals surface area contributed by atoms with Crippen molar-refractivity contribution in [2.45, 2.75) is 19.3 Å². The van der Waals surface area contributed by atoms with E-state index < -0.39 is 0 Å². The van der Waals surface area contributed by atoms with Gasteiger partial charge in [0.1, 0.15) is 0 Å². The summed E-state index contributed by atoms with van der Waals surface area (Å²) in [7, 11) is 2.69. The molecule has 82 valence electrons. The molecule has 1 unspecified atom stereocenters. The first-order chi connectivity index (χ1) is 7.19. The fraction of sp³-hybridized carbons (Fsp3) is 0.545. The van der Waals surface area contributed by atoms with Crippen molar-refractivity contribution in [1.82, 2.24) is 0 Å². The van der Waals surface area contributed by atoms with Gasteiger partial charge < -0.3 is 9.47 Å². The minimum atomic E-state index is -0.378. The van der Waals surface area contributed by atoms with Crippen molar-refractivity contribution in [2.75, 3.05) is 14.2 Å². The maximum absolute atomic E-state index is 11.2. The molecule has 1 aliphatic carbocycles. The molecule has 0 aromatic rings. The first kappa shape index (κ1) is 11.5. The minimum Gasteiger partial charge on any atom is -0.469 e. The van der Waals surface area contributed by atoms with Gasteiger partial charge in [0.15, 0.2) is 0 Å². The average Bonchev–Trinajstić information content (AvgIpc) is 2.52. The number of carbonyl (C=O) groups excluding carboxylic acids is 2. The lowest BCUT2D eigenvalue weighted by atomic mass is 10.0. The van der Waals surface area contributed by atoms with Crippen LogP contribution >= 0.6 is 0 Å². The third kappa shape index (κ3) is 2.96. The molecule has 0 bridgehead atoms. The average molecular weight is 210 g/mol. The highest BCUT2D eigenvalue weighted by Gasteiger charge is 2.19. The molecule has 0 saturated heterocycles. The topological polar surface area (TPSA) is 52.6 Å². The molecular weight excluding hydrogens is 196 g/mol. The predicted octanol–water partition coefficient (Wildman–Crippen LogP) is 1.21. The molecule has 0 heterocycles. The molecule has 4 heteroatoms. The summed E-state index contributed by atoms with van der Waals surface area (Å²) < 4.78 is 9.22. The Balaban J connectivity index is 2.81. The Morgan fingerprint density at radius 3 is 2.73 bits per heavy atom. The zero-order valence-corrected chi connectivity index (χ0v) is 8.91. The summed E-state index contributed by atoms with van der Waals surface area (Å²) >= 11 is 0. The van der Waals surface area contributed by atoms with Crippen molar-refractivity contribution in [3.8, 4) is 0 Å². The monoisotopic (exact) mass is 210 g/mol. The van der Waals surface area contributed by atoms with Crippen LogP contribution in [0.5, 0.6) is 0 Å².